The van der Waals surface area contributed by atoms with Gasteiger partial charge in [0.25, 0.3) is 0 Å². The van der Waals surface area contributed by atoms with E-state index in [4.69, 9.17) is 5.11 Å². The van der Waals surface area contributed by atoms with Gasteiger partial charge in [0.1, 0.15) is 11.6 Å². The number of carbonyl (C=O) groups is 3. The maximum absolute atomic E-state index is 10.0. The number of aliphatic hydroxyl groups excluding tert-OH is 1. The van der Waals surface area contributed by atoms with Gasteiger partial charge in [-0.15, -0.1) is 35.3 Å². The Morgan fingerprint density at radius 2 is 1.24 bits per heavy atom. The summed E-state index contributed by atoms with van der Waals surface area (Å²) in [5.74, 6) is -0.187. The van der Waals surface area contributed by atoms with Crippen LogP contribution in [0.15, 0.2) is 78.7 Å². The first-order chi connectivity index (χ1) is 21.1. The number of aryl methyl sites for hydroxylation is 6. The predicted molar refractivity (Wildman–Crippen MR) is 188 cm³/mol. The molecule has 1 heterocycles. The topological polar surface area (TPSA) is 84.3 Å². The summed E-state index contributed by atoms with van der Waals surface area (Å²) >= 11 is 0. The Morgan fingerprint density at radius 1 is 0.761 bits per heavy atom. The van der Waals surface area contributed by atoms with Crippen LogP contribution in [-0.4, -0.2) is 34.2 Å². The van der Waals surface area contributed by atoms with E-state index in [9.17, 15) is 14.4 Å². The second-order valence-electron chi connectivity index (χ2n) is 11.8. The van der Waals surface area contributed by atoms with Crippen LogP contribution in [0.1, 0.15) is 67.5 Å². The van der Waals surface area contributed by atoms with Gasteiger partial charge in [-0.1, -0.05) is 80.7 Å². The van der Waals surface area contributed by atoms with Crippen LogP contribution in [0.4, 0.5) is 0 Å². The van der Waals surface area contributed by atoms with Crippen molar-refractivity contribution in [2.24, 2.45) is 0 Å². The summed E-state index contributed by atoms with van der Waals surface area (Å²) < 4.78 is 0. The number of pyridine rings is 1. The van der Waals surface area contributed by atoms with Crippen LogP contribution in [0.25, 0.3) is 11.3 Å². The first-order valence-corrected chi connectivity index (χ1v) is 15.1. The van der Waals surface area contributed by atoms with Crippen LogP contribution in [0, 0.1) is 47.6 Å². The second kappa shape index (κ2) is 18.9. The fraction of sp³-hybridized carbons (Fsp3) is 0.282. The summed E-state index contributed by atoms with van der Waals surface area (Å²) in [7, 11) is 0. The van der Waals surface area contributed by atoms with Gasteiger partial charge in [-0.25, -0.2) is 0 Å². The zero-order chi connectivity index (χ0) is 33.8. The van der Waals surface area contributed by atoms with Gasteiger partial charge in [-0.2, -0.15) is 0 Å². The zero-order valence-electron chi connectivity index (χ0n) is 28.7. The number of benzene rings is 3. The van der Waals surface area contributed by atoms with Gasteiger partial charge in [0.2, 0.25) is 0 Å². The number of allylic oxidation sites excluding steroid dienone is 2. The molecule has 0 fully saturated rings. The molecule has 1 aromatic heterocycles. The van der Waals surface area contributed by atoms with E-state index in [0.29, 0.717) is 0 Å². The van der Waals surface area contributed by atoms with Crippen LogP contribution in [-0.2, 0) is 34.5 Å². The predicted octanol–water partition coefficient (Wildman–Crippen LogP) is 6.50. The summed E-state index contributed by atoms with van der Waals surface area (Å²) in [6.45, 7) is 19.2. The normalized spacial score (nSPS) is 10.3. The molecular weight excluding hydrogens is 749 g/mol. The summed E-state index contributed by atoms with van der Waals surface area (Å²) in [6.07, 6.45) is 3.08. The quantitative estimate of drug-likeness (QED) is 0.0760. The van der Waals surface area contributed by atoms with Crippen molar-refractivity contribution in [3.63, 3.8) is 0 Å². The number of Topliss-reactive ketones (excluding diaryl/α,β-unsaturated/α-hetero) is 2. The molecule has 4 aromatic rings. The number of rotatable bonds is 7. The number of aliphatic hydroxyl groups is 1. The standard InChI is InChI=1S/C29H29BN.2C5H8O2.Ir/c1-19-15-21(3)28(22(4)16-19)30(29-23(5)17-20(2)18-24(29)6)26-12-10-25(11-13-26)27-9-7-8-14-31-27;2*1-4(6)3-5(2)7;/h7-10,12-18H,1-6H3;3H2,1-2H3;3,6H,1-2H3;/q-1;;;. The van der Waals surface area contributed by atoms with Gasteiger partial charge >= 0.3 is 0 Å². The van der Waals surface area contributed by atoms with E-state index in [2.05, 4.69) is 95.1 Å². The molecule has 243 valence electrons. The van der Waals surface area contributed by atoms with E-state index in [0.717, 1.165) is 11.3 Å². The van der Waals surface area contributed by atoms with Crippen LogP contribution in [0.2, 0.25) is 0 Å². The average Bonchev–Trinajstić information content (AvgIpc) is 2.91. The third-order valence-corrected chi connectivity index (χ3v) is 7.07. The van der Waals surface area contributed by atoms with Crippen LogP contribution >= 0.6 is 0 Å². The number of nitrogens with zero attached hydrogens (tertiary/aromatic N) is 1. The Kier molecular flexibility index (Phi) is 16.5. The Labute approximate surface area is 289 Å². The van der Waals surface area contributed by atoms with E-state index in [1.165, 1.54) is 83.5 Å². The average molecular weight is 795 g/mol. The fourth-order valence-corrected chi connectivity index (χ4v) is 5.71. The first kappa shape index (κ1) is 40.1. The van der Waals surface area contributed by atoms with Gasteiger partial charge in [0.05, 0.1) is 12.2 Å². The molecule has 5 nitrogen and oxygen atoms in total. The van der Waals surface area contributed by atoms with Crippen molar-refractivity contribution < 1.29 is 39.6 Å². The first-order valence-electron chi connectivity index (χ1n) is 15.1. The van der Waals surface area contributed by atoms with E-state index >= 15 is 0 Å². The molecule has 7 heteroatoms. The third kappa shape index (κ3) is 12.5. The number of hydrogen-bond acceptors (Lipinski definition) is 5. The molecule has 0 aliphatic rings. The van der Waals surface area contributed by atoms with Gasteiger partial charge in [-0.3, -0.25) is 14.4 Å². The minimum atomic E-state index is -0.125. The van der Waals surface area contributed by atoms with Crippen molar-refractivity contribution in [3.05, 3.63) is 118 Å². The number of hydrogen-bond donors (Lipinski definition) is 1. The molecule has 0 aliphatic heterocycles. The third-order valence-electron chi connectivity index (χ3n) is 7.07. The molecule has 3 aromatic carbocycles. The Hall–Kier alpha value is -3.93. The van der Waals surface area contributed by atoms with Crippen LogP contribution < -0.4 is 16.4 Å². The number of carbonyl (C=O) groups excluding carboxylic acids is 3. The Morgan fingerprint density at radius 3 is 1.52 bits per heavy atom. The molecule has 0 saturated heterocycles. The van der Waals surface area contributed by atoms with Gasteiger partial charge < -0.3 is 10.1 Å². The molecule has 0 saturated carbocycles. The Bertz CT molecular complexity index is 1560. The van der Waals surface area contributed by atoms with Gasteiger partial charge in [0.15, 0.2) is 12.5 Å². The van der Waals surface area contributed by atoms with Crippen molar-refractivity contribution in [2.45, 2.75) is 75.7 Å². The largest absolute Gasteiger partial charge is 0.512 e. The maximum Gasteiger partial charge on any atom is 0.192 e. The second-order valence-corrected chi connectivity index (χ2v) is 11.8. The molecule has 0 bridgehead atoms. The van der Waals surface area contributed by atoms with Crippen molar-refractivity contribution in [1.82, 2.24) is 4.98 Å². The minimum Gasteiger partial charge on any atom is -0.512 e. The molecule has 0 amide bonds. The van der Waals surface area contributed by atoms with Crippen molar-refractivity contribution in [2.75, 3.05) is 0 Å². The SMILES string of the molecule is CC(=O)C=C(C)O.CC(=O)CC(C)=O.Cc1cc(C)c(B(c2c[c-]c(-c3ccccn3)cc2)c2c(C)cc(C)cc2C)c(C)c1.[Ir]. The van der Waals surface area contributed by atoms with Crippen LogP contribution in [0.5, 0.6) is 0 Å². The Balaban J connectivity index is 0.000000592. The molecule has 0 unspecified atom stereocenters. The van der Waals surface area contributed by atoms with Crippen molar-refractivity contribution in [1.29, 1.82) is 0 Å². The molecular formula is C39H45BIrNO4-. The smallest absolute Gasteiger partial charge is 0.192 e. The summed E-state index contributed by atoms with van der Waals surface area (Å²) in [4.78, 5) is 34.6. The van der Waals surface area contributed by atoms with Gasteiger partial charge in [-0.05, 0) is 81.0 Å². The van der Waals surface area contributed by atoms with Crippen molar-refractivity contribution >= 4 is 40.5 Å². The molecule has 1 radical (unpaired) electrons. The summed E-state index contributed by atoms with van der Waals surface area (Å²) in [6, 6.07) is 25.3. The summed E-state index contributed by atoms with van der Waals surface area (Å²) in [5, 5.41) is 8.36. The molecule has 4 rings (SSSR count). The fourth-order valence-electron chi connectivity index (χ4n) is 5.71. The zero-order valence-corrected chi connectivity index (χ0v) is 31.1. The molecule has 0 aliphatic carbocycles. The molecule has 46 heavy (non-hydrogen) atoms. The van der Waals surface area contributed by atoms with Crippen LogP contribution in [0.3, 0.4) is 0 Å². The van der Waals surface area contributed by atoms with E-state index in [-0.39, 0.29) is 56.3 Å². The molecule has 0 atom stereocenters. The van der Waals surface area contributed by atoms with Gasteiger partial charge in [0, 0.05) is 32.4 Å². The molecule has 0 spiro atoms. The van der Waals surface area contributed by atoms with E-state index in [1.807, 2.05) is 24.4 Å². The number of ketones is 3. The summed E-state index contributed by atoms with van der Waals surface area (Å²) in [5.41, 5.74) is 14.1. The van der Waals surface area contributed by atoms with E-state index in [1.54, 1.807) is 0 Å². The maximum atomic E-state index is 10.0. The molecule has 1 N–H and O–H groups in total. The van der Waals surface area contributed by atoms with E-state index < -0.39 is 0 Å². The monoisotopic (exact) mass is 795 g/mol. The minimum absolute atomic E-state index is 0. The van der Waals surface area contributed by atoms with Crippen molar-refractivity contribution in [3.8, 4) is 11.3 Å². The number of aromatic nitrogens is 1.